The van der Waals surface area contributed by atoms with Gasteiger partial charge in [-0.2, -0.15) is 22.0 Å². The van der Waals surface area contributed by atoms with Crippen LogP contribution in [0.15, 0.2) is 66.8 Å². The summed E-state index contributed by atoms with van der Waals surface area (Å²) in [5.74, 6) is 0.311. The first-order valence-electron chi connectivity index (χ1n) is 14.6. The van der Waals surface area contributed by atoms with E-state index in [9.17, 15) is 26.3 Å². The Hall–Kier alpha value is -2.94. The van der Waals surface area contributed by atoms with Crippen LogP contribution in [0, 0.1) is 23.6 Å². The van der Waals surface area contributed by atoms with E-state index in [1.54, 1.807) is 0 Å². The summed E-state index contributed by atoms with van der Waals surface area (Å²) in [5.41, 5.74) is -1.48. The summed E-state index contributed by atoms with van der Waals surface area (Å²) in [5, 5.41) is 0. The minimum Gasteiger partial charge on any atom is -0.493 e. The van der Waals surface area contributed by atoms with E-state index >= 15 is 0 Å². The van der Waals surface area contributed by atoms with Crippen molar-refractivity contribution < 1.29 is 40.6 Å². The minimum absolute atomic E-state index is 0.100. The Morgan fingerprint density at radius 1 is 0.762 bits per heavy atom. The second kappa shape index (κ2) is 14.5. The molecule has 2 fully saturated rings. The van der Waals surface area contributed by atoms with Crippen LogP contribution in [-0.4, -0.2) is 19.3 Å². The lowest BCUT2D eigenvalue weighted by Crippen LogP contribution is -2.29. The minimum atomic E-state index is -4.73. The first-order chi connectivity index (χ1) is 20.0. The Morgan fingerprint density at radius 2 is 1.36 bits per heavy atom. The van der Waals surface area contributed by atoms with Crippen molar-refractivity contribution in [1.82, 2.24) is 0 Å². The molecule has 0 atom stereocenters. The van der Waals surface area contributed by atoms with Gasteiger partial charge in [-0.1, -0.05) is 24.3 Å². The largest absolute Gasteiger partial charge is 0.493 e. The van der Waals surface area contributed by atoms with Crippen LogP contribution >= 0.6 is 0 Å². The number of benzene rings is 2. The lowest BCUT2D eigenvalue weighted by atomic mass is 9.80. The van der Waals surface area contributed by atoms with Crippen LogP contribution in [0.5, 0.6) is 11.5 Å². The molecule has 9 heteroatoms. The molecule has 0 bridgehead atoms. The molecular weight excluding hydrogens is 558 g/mol. The zero-order valence-electron chi connectivity index (χ0n) is 23.7. The van der Waals surface area contributed by atoms with Crippen LogP contribution in [0.25, 0.3) is 0 Å². The number of hydrogen-bond donors (Lipinski definition) is 0. The zero-order chi connectivity index (χ0) is 30.2. The number of alkyl halides is 5. The highest BCUT2D eigenvalue weighted by Gasteiger charge is 2.37. The fourth-order valence-corrected chi connectivity index (χ4v) is 5.55. The first-order valence-corrected chi connectivity index (χ1v) is 14.6. The number of halogens is 6. The van der Waals surface area contributed by atoms with E-state index in [1.807, 2.05) is 19.1 Å². The maximum absolute atomic E-state index is 14.8. The highest BCUT2D eigenvalue weighted by Crippen LogP contribution is 2.38. The third-order valence-electron chi connectivity index (χ3n) is 8.08. The van der Waals surface area contributed by atoms with E-state index in [2.05, 4.69) is 12.2 Å². The maximum Gasteiger partial charge on any atom is 0.419 e. The topological polar surface area (TPSA) is 27.7 Å². The number of rotatable bonds is 11. The summed E-state index contributed by atoms with van der Waals surface area (Å²) in [6.07, 6.45) is 6.05. The zero-order valence-corrected chi connectivity index (χ0v) is 23.7. The Morgan fingerprint density at radius 3 is 1.93 bits per heavy atom. The fourth-order valence-electron chi connectivity index (χ4n) is 5.55. The average Bonchev–Trinajstić information content (AvgIpc) is 2.96. The van der Waals surface area contributed by atoms with Gasteiger partial charge in [-0.15, -0.1) is 0 Å². The predicted octanol–water partition coefficient (Wildman–Crippen LogP) is 9.87. The molecule has 0 heterocycles. The molecule has 0 radical (unpaired) electrons. The number of ether oxygens (including phenoxy) is 3. The van der Waals surface area contributed by atoms with Crippen LogP contribution in [0.4, 0.5) is 26.3 Å². The first kappa shape index (κ1) is 32.0. The predicted molar refractivity (Wildman–Crippen MR) is 149 cm³/mol. The quantitative estimate of drug-likeness (QED) is 0.191. The molecular formula is C33H38F6O3. The second-order valence-electron chi connectivity index (χ2n) is 11.2. The Balaban J connectivity index is 1.15. The van der Waals surface area contributed by atoms with Gasteiger partial charge in [0, 0.05) is 6.07 Å². The summed E-state index contributed by atoms with van der Waals surface area (Å²) >= 11 is 0. The van der Waals surface area contributed by atoms with Gasteiger partial charge in [0.1, 0.15) is 23.9 Å². The van der Waals surface area contributed by atoms with Gasteiger partial charge in [-0.05, 0) is 112 Å². The molecule has 2 aliphatic rings. The summed E-state index contributed by atoms with van der Waals surface area (Å²) < 4.78 is 97.8. The maximum atomic E-state index is 14.8. The molecule has 0 saturated heterocycles. The molecule has 2 aromatic rings. The van der Waals surface area contributed by atoms with Crippen molar-refractivity contribution in [2.24, 2.45) is 17.8 Å². The lowest BCUT2D eigenvalue weighted by molar-refractivity contribution is -0.277. The van der Waals surface area contributed by atoms with Crippen molar-refractivity contribution in [1.29, 1.82) is 0 Å². The van der Waals surface area contributed by atoms with Crippen molar-refractivity contribution in [3.05, 3.63) is 83.7 Å². The summed E-state index contributed by atoms with van der Waals surface area (Å²) in [4.78, 5) is 0. The van der Waals surface area contributed by atoms with Crippen LogP contribution < -0.4 is 9.47 Å². The molecule has 230 valence electrons. The van der Waals surface area contributed by atoms with Crippen molar-refractivity contribution in [2.45, 2.75) is 76.7 Å². The van der Waals surface area contributed by atoms with Gasteiger partial charge in [-0.25, -0.2) is 4.39 Å². The molecule has 0 N–H and O–H groups in total. The van der Waals surface area contributed by atoms with Gasteiger partial charge >= 0.3 is 12.3 Å². The normalized spacial score (nSPS) is 23.9. The van der Waals surface area contributed by atoms with E-state index in [0.29, 0.717) is 49.7 Å². The fraction of sp³-hybridized carbons (Fsp3) is 0.515. The molecule has 0 aromatic heterocycles. The van der Waals surface area contributed by atoms with Crippen molar-refractivity contribution in [2.75, 3.05) is 13.2 Å². The molecule has 2 aromatic carbocycles. The van der Waals surface area contributed by atoms with Crippen molar-refractivity contribution in [3.63, 3.8) is 0 Å². The highest BCUT2D eigenvalue weighted by molar-refractivity contribution is 5.31. The van der Waals surface area contributed by atoms with Gasteiger partial charge in [0.2, 0.25) is 0 Å². The average molecular weight is 597 g/mol. The van der Waals surface area contributed by atoms with Crippen LogP contribution in [0.3, 0.4) is 0 Å². The molecule has 3 nitrogen and oxygen atoms in total. The molecule has 42 heavy (non-hydrogen) atoms. The summed E-state index contributed by atoms with van der Waals surface area (Å²) in [6, 6.07) is 8.39. The monoisotopic (exact) mass is 596 g/mol. The molecule has 0 spiro atoms. The van der Waals surface area contributed by atoms with Crippen molar-refractivity contribution >= 4 is 0 Å². The molecule has 2 saturated carbocycles. The van der Waals surface area contributed by atoms with E-state index < -0.39 is 29.8 Å². The van der Waals surface area contributed by atoms with E-state index in [0.717, 1.165) is 50.7 Å². The smallest absolute Gasteiger partial charge is 0.419 e. The standard InChI is InChI=1S/C33H38F6O3/c1-2-3-20-40-27-16-12-26(13-17-27)33(38,39)42-28-14-10-24(11-15-28)5-4-23-6-8-25(9-7-23)22-41-29-18-19-30(31(34)21-29)32(35,36)37/h2-5,12-13,16-19,21,23-25,28H,6-11,14-15,20,22H2,1H3/b3-2+,5-4+. The Kier molecular flexibility index (Phi) is 11.0. The Bertz CT molecular complexity index is 1180. The lowest BCUT2D eigenvalue weighted by Gasteiger charge is -2.31. The van der Waals surface area contributed by atoms with E-state index in [4.69, 9.17) is 14.2 Å². The van der Waals surface area contributed by atoms with Crippen LogP contribution in [0.1, 0.15) is 69.4 Å². The summed E-state index contributed by atoms with van der Waals surface area (Å²) in [6.45, 7) is 2.60. The van der Waals surface area contributed by atoms with Crippen LogP contribution in [-0.2, 0) is 17.0 Å². The second-order valence-corrected chi connectivity index (χ2v) is 11.2. The highest BCUT2D eigenvalue weighted by atomic mass is 19.4. The van der Waals surface area contributed by atoms with Gasteiger partial charge in [0.05, 0.1) is 23.8 Å². The molecule has 4 rings (SSSR count). The van der Waals surface area contributed by atoms with E-state index in [-0.39, 0.29) is 17.2 Å². The molecule has 0 amide bonds. The van der Waals surface area contributed by atoms with Crippen LogP contribution in [0.2, 0.25) is 0 Å². The van der Waals surface area contributed by atoms with Gasteiger partial charge in [0.15, 0.2) is 0 Å². The molecule has 0 aliphatic heterocycles. The molecule has 2 aliphatic carbocycles. The van der Waals surface area contributed by atoms with Gasteiger partial charge in [0.25, 0.3) is 0 Å². The van der Waals surface area contributed by atoms with E-state index in [1.165, 1.54) is 24.3 Å². The molecule has 0 unspecified atom stereocenters. The summed E-state index contributed by atoms with van der Waals surface area (Å²) in [7, 11) is 0. The SMILES string of the molecule is C/C=C/COc1ccc(C(F)(F)OC2CCC(/C=C/C3CCC(COc4ccc(C(F)(F)F)c(F)c4)CC3)CC2)cc1. The van der Waals surface area contributed by atoms with Gasteiger partial charge < -0.3 is 14.2 Å². The Labute approximate surface area is 243 Å². The number of hydrogen-bond acceptors (Lipinski definition) is 3. The van der Waals surface area contributed by atoms with Crippen molar-refractivity contribution in [3.8, 4) is 11.5 Å². The van der Waals surface area contributed by atoms with Gasteiger partial charge in [-0.3, -0.25) is 0 Å². The number of allylic oxidation sites excluding steroid dienone is 3. The third kappa shape index (κ3) is 9.28. The third-order valence-corrected chi connectivity index (χ3v) is 8.08.